The molecule has 2 rings (SSSR count). The van der Waals surface area contributed by atoms with E-state index >= 15 is 0 Å². The summed E-state index contributed by atoms with van der Waals surface area (Å²) < 4.78 is 0. The van der Waals surface area contributed by atoms with E-state index in [1.165, 1.54) is 22.3 Å². The number of allylic oxidation sites excluding steroid dienone is 2. The lowest BCUT2D eigenvalue weighted by molar-refractivity contribution is -0.121. The van der Waals surface area contributed by atoms with Crippen LogP contribution in [0, 0.1) is 19.8 Å². The lowest BCUT2D eigenvalue weighted by Gasteiger charge is -2.22. The van der Waals surface area contributed by atoms with Crippen molar-refractivity contribution in [2.75, 3.05) is 0 Å². The van der Waals surface area contributed by atoms with Crippen molar-refractivity contribution in [3.05, 3.63) is 35.2 Å². The van der Waals surface area contributed by atoms with Crippen molar-refractivity contribution < 1.29 is 4.79 Å². The summed E-state index contributed by atoms with van der Waals surface area (Å²) in [7, 11) is 0. The molecule has 2 heteroatoms. The van der Waals surface area contributed by atoms with Gasteiger partial charge in [-0.25, -0.2) is 0 Å². The predicted octanol–water partition coefficient (Wildman–Crippen LogP) is 3.86. The minimum absolute atomic E-state index is 0.130. The van der Waals surface area contributed by atoms with Crippen LogP contribution in [0.1, 0.15) is 49.3 Å². The standard InChI is InChI=1S/C16H21NO/c1-4-5-13-8-14(6-7-15(13)18)16-11(2)9-17-10-12(16)3/h8-10,13H,4-7H2,1-3H3. The minimum atomic E-state index is 0.130. The van der Waals surface area contributed by atoms with Gasteiger partial charge in [-0.3, -0.25) is 9.78 Å². The molecule has 1 aliphatic rings. The molecule has 1 atom stereocenters. The second kappa shape index (κ2) is 5.47. The minimum Gasteiger partial charge on any atom is -0.299 e. The Morgan fingerprint density at radius 3 is 2.50 bits per heavy atom. The Morgan fingerprint density at radius 2 is 1.89 bits per heavy atom. The van der Waals surface area contributed by atoms with Gasteiger partial charge >= 0.3 is 0 Å². The number of aryl methyl sites for hydroxylation is 2. The first kappa shape index (κ1) is 13.0. The van der Waals surface area contributed by atoms with Crippen LogP contribution in [0.3, 0.4) is 0 Å². The summed E-state index contributed by atoms with van der Waals surface area (Å²) in [5, 5.41) is 0. The number of Topliss-reactive ketones (excluding diaryl/α,β-unsaturated/α-hetero) is 1. The van der Waals surface area contributed by atoms with E-state index in [1.807, 2.05) is 12.4 Å². The van der Waals surface area contributed by atoms with Gasteiger partial charge in [0, 0.05) is 24.7 Å². The topological polar surface area (TPSA) is 30.0 Å². The summed E-state index contributed by atoms with van der Waals surface area (Å²) in [6, 6.07) is 0. The van der Waals surface area contributed by atoms with Crippen LogP contribution >= 0.6 is 0 Å². The molecule has 2 nitrogen and oxygen atoms in total. The monoisotopic (exact) mass is 243 g/mol. The SMILES string of the molecule is CCCC1C=C(c2c(C)cncc2C)CCC1=O. The van der Waals surface area contributed by atoms with E-state index in [-0.39, 0.29) is 5.92 Å². The average Bonchev–Trinajstić information content (AvgIpc) is 2.33. The van der Waals surface area contributed by atoms with Gasteiger partial charge in [-0.05, 0) is 49.0 Å². The van der Waals surface area contributed by atoms with Crippen molar-refractivity contribution in [3.8, 4) is 0 Å². The van der Waals surface area contributed by atoms with Gasteiger partial charge in [0.15, 0.2) is 0 Å². The first-order valence-corrected chi connectivity index (χ1v) is 6.78. The molecule has 1 unspecified atom stereocenters. The highest BCUT2D eigenvalue weighted by Gasteiger charge is 2.23. The molecule has 0 saturated carbocycles. The molecule has 0 spiro atoms. The van der Waals surface area contributed by atoms with Gasteiger partial charge in [0.05, 0.1) is 0 Å². The molecule has 0 fully saturated rings. The first-order chi connectivity index (χ1) is 8.63. The summed E-state index contributed by atoms with van der Waals surface area (Å²) in [4.78, 5) is 16.1. The number of hydrogen-bond acceptors (Lipinski definition) is 2. The maximum Gasteiger partial charge on any atom is 0.140 e. The molecule has 0 amide bonds. The number of carbonyl (C=O) groups excluding carboxylic acids is 1. The summed E-state index contributed by atoms with van der Waals surface area (Å²) in [5.74, 6) is 0.538. The van der Waals surface area contributed by atoms with Gasteiger partial charge in [-0.2, -0.15) is 0 Å². The third-order valence-electron chi connectivity index (χ3n) is 3.70. The fourth-order valence-corrected chi connectivity index (χ4v) is 2.83. The van der Waals surface area contributed by atoms with E-state index < -0.39 is 0 Å². The van der Waals surface area contributed by atoms with Crippen LogP contribution in [0.15, 0.2) is 18.5 Å². The Morgan fingerprint density at radius 1 is 1.22 bits per heavy atom. The highest BCUT2D eigenvalue weighted by atomic mass is 16.1. The lowest BCUT2D eigenvalue weighted by atomic mass is 9.82. The average molecular weight is 243 g/mol. The Bertz CT molecular complexity index is 468. The molecular weight excluding hydrogens is 222 g/mol. The normalized spacial score (nSPS) is 19.8. The summed E-state index contributed by atoms with van der Waals surface area (Å²) in [6.45, 7) is 6.33. The van der Waals surface area contributed by atoms with Crippen molar-refractivity contribution in [1.82, 2.24) is 4.98 Å². The van der Waals surface area contributed by atoms with E-state index in [0.29, 0.717) is 12.2 Å². The number of aromatic nitrogens is 1. The number of nitrogens with zero attached hydrogens (tertiary/aromatic N) is 1. The maximum absolute atomic E-state index is 11.9. The quantitative estimate of drug-likeness (QED) is 0.806. The first-order valence-electron chi connectivity index (χ1n) is 6.78. The van der Waals surface area contributed by atoms with Crippen molar-refractivity contribution in [2.45, 2.75) is 46.5 Å². The van der Waals surface area contributed by atoms with Crippen molar-refractivity contribution in [1.29, 1.82) is 0 Å². The Kier molecular flexibility index (Phi) is 3.95. The van der Waals surface area contributed by atoms with Crippen molar-refractivity contribution >= 4 is 11.4 Å². The zero-order valence-electron chi connectivity index (χ0n) is 11.5. The Hall–Kier alpha value is -1.44. The molecule has 0 aliphatic heterocycles. The van der Waals surface area contributed by atoms with E-state index in [4.69, 9.17) is 0 Å². The molecule has 18 heavy (non-hydrogen) atoms. The second-order valence-corrected chi connectivity index (χ2v) is 5.20. The maximum atomic E-state index is 11.9. The largest absolute Gasteiger partial charge is 0.299 e. The fourth-order valence-electron chi connectivity index (χ4n) is 2.83. The second-order valence-electron chi connectivity index (χ2n) is 5.20. The highest BCUT2D eigenvalue weighted by molar-refractivity contribution is 5.89. The van der Waals surface area contributed by atoms with Crippen LogP contribution in [-0.2, 0) is 4.79 Å². The number of ketones is 1. The van der Waals surface area contributed by atoms with Gasteiger partial charge in [0.1, 0.15) is 5.78 Å². The highest BCUT2D eigenvalue weighted by Crippen LogP contribution is 2.32. The molecule has 0 radical (unpaired) electrons. The molecular formula is C16H21NO. The molecule has 1 aromatic rings. The molecule has 1 heterocycles. The van der Waals surface area contributed by atoms with E-state index in [0.717, 1.165) is 19.3 Å². The molecule has 0 bridgehead atoms. The van der Waals surface area contributed by atoms with Crippen LogP contribution in [0.5, 0.6) is 0 Å². The molecule has 0 aromatic carbocycles. The van der Waals surface area contributed by atoms with Crippen LogP contribution < -0.4 is 0 Å². The van der Waals surface area contributed by atoms with Gasteiger partial charge in [0.25, 0.3) is 0 Å². The van der Waals surface area contributed by atoms with Crippen LogP contribution in [0.25, 0.3) is 5.57 Å². The Balaban J connectivity index is 2.38. The molecule has 0 N–H and O–H groups in total. The molecule has 1 aliphatic carbocycles. The summed E-state index contributed by atoms with van der Waals surface area (Å²) in [5.41, 5.74) is 5.07. The van der Waals surface area contributed by atoms with Gasteiger partial charge < -0.3 is 0 Å². The number of hydrogen-bond donors (Lipinski definition) is 0. The third-order valence-corrected chi connectivity index (χ3v) is 3.70. The lowest BCUT2D eigenvalue weighted by Crippen LogP contribution is -2.17. The van der Waals surface area contributed by atoms with Crippen LogP contribution in [-0.4, -0.2) is 10.8 Å². The number of pyridine rings is 1. The van der Waals surface area contributed by atoms with E-state index in [9.17, 15) is 4.79 Å². The Labute approximate surface area is 109 Å². The molecule has 0 saturated heterocycles. The van der Waals surface area contributed by atoms with Crippen molar-refractivity contribution in [3.63, 3.8) is 0 Å². The van der Waals surface area contributed by atoms with Gasteiger partial charge in [-0.1, -0.05) is 19.4 Å². The molecule has 1 aromatic heterocycles. The van der Waals surface area contributed by atoms with E-state index in [2.05, 4.69) is 31.8 Å². The number of carbonyl (C=O) groups is 1. The third kappa shape index (κ3) is 2.53. The molecule has 96 valence electrons. The smallest absolute Gasteiger partial charge is 0.140 e. The van der Waals surface area contributed by atoms with Gasteiger partial charge in [0.2, 0.25) is 0 Å². The summed E-state index contributed by atoms with van der Waals surface area (Å²) in [6.07, 6.45) is 9.63. The van der Waals surface area contributed by atoms with E-state index in [1.54, 1.807) is 0 Å². The van der Waals surface area contributed by atoms with Crippen LogP contribution in [0.2, 0.25) is 0 Å². The summed E-state index contributed by atoms with van der Waals surface area (Å²) >= 11 is 0. The predicted molar refractivity (Wildman–Crippen MR) is 74.3 cm³/mol. The van der Waals surface area contributed by atoms with Gasteiger partial charge in [-0.15, -0.1) is 0 Å². The van der Waals surface area contributed by atoms with Crippen molar-refractivity contribution in [2.24, 2.45) is 5.92 Å². The zero-order chi connectivity index (χ0) is 13.1. The zero-order valence-corrected chi connectivity index (χ0v) is 11.5. The number of rotatable bonds is 3. The van der Waals surface area contributed by atoms with Crippen LogP contribution in [0.4, 0.5) is 0 Å². The fraction of sp³-hybridized carbons (Fsp3) is 0.500.